The molecular formula is C20H27Br3O6. The van der Waals surface area contributed by atoms with Crippen LogP contribution in [0.2, 0.25) is 0 Å². The highest BCUT2D eigenvalue weighted by atomic mass is 79.9. The van der Waals surface area contributed by atoms with Crippen molar-refractivity contribution in [1.29, 1.82) is 0 Å². The molecule has 3 N–H and O–H groups in total. The highest BCUT2D eigenvalue weighted by Crippen LogP contribution is 2.30. The van der Waals surface area contributed by atoms with Crippen LogP contribution in [-0.4, -0.2) is 54.7 Å². The lowest BCUT2D eigenvalue weighted by Gasteiger charge is -2.10. The van der Waals surface area contributed by atoms with Crippen molar-refractivity contribution in [3.8, 4) is 23.0 Å². The van der Waals surface area contributed by atoms with Gasteiger partial charge in [-0.2, -0.15) is 0 Å². The van der Waals surface area contributed by atoms with Crippen LogP contribution in [0, 0.1) is 0 Å². The standard InChI is InChI=1S/C10H13BrO3.C7H7BrO2.C3H7BrO/c1-13-9-4-3-8(11)7-10(9)14-6-2-5-12;1-10-7-3-2-5(8)4-6(7)9;4-2-1-3-5/h3-4,7,12H,2,5-6H2,1H3;2-4,9H,1H3;5H,1-3H2. The van der Waals surface area contributed by atoms with Crippen molar-refractivity contribution in [3.63, 3.8) is 0 Å². The molecule has 0 bridgehead atoms. The first kappa shape index (κ1) is 28.0. The molecular weight excluding hydrogens is 576 g/mol. The second-order valence-corrected chi connectivity index (χ2v) is 7.93. The van der Waals surface area contributed by atoms with Crippen molar-refractivity contribution in [2.24, 2.45) is 0 Å². The molecule has 0 saturated heterocycles. The van der Waals surface area contributed by atoms with Crippen molar-refractivity contribution in [3.05, 3.63) is 45.3 Å². The molecule has 6 nitrogen and oxygen atoms in total. The smallest absolute Gasteiger partial charge is 0.162 e. The minimum absolute atomic E-state index is 0.135. The van der Waals surface area contributed by atoms with Crippen LogP contribution in [0.25, 0.3) is 0 Å². The summed E-state index contributed by atoms with van der Waals surface area (Å²) in [7, 11) is 3.12. The minimum atomic E-state index is 0.135. The molecule has 0 radical (unpaired) electrons. The fraction of sp³-hybridized carbons (Fsp3) is 0.400. The van der Waals surface area contributed by atoms with Gasteiger partial charge in [0.2, 0.25) is 0 Å². The molecule has 0 aliphatic heterocycles. The Kier molecular flexibility index (Phi) is 17.2. The van der Waals surface area contributed by atoms with Crippen LogP contribution in [0.5, 0.6) is 23.0 Å². The Bertz CT molecular complexity index is 683. The van der Waals surface area contributed by atoms with Crippen molar-refractivity contribution in [2.75, 3.05) is 39.4 Å². The van der Waals surface area contributed by atoms with Gasteiger partial charge in [0.05, 0.1) is 20.8 Å². The molecule has 0 aliphatic carbocycles. The summed E-state index contributed by atoms with van der Waals surface area (Å²) in [6, 6.07) is 10.6. The van der Waals surface area contributed by atoms with Crippen LogP contribution in [0.15, 0.2) is 45.3 Å². The molecule has 0 heterocycles. The van der Waals surface area contributed by atoms with E-state index in [9.17, 15) is 0 Å². The molecule has 0 unspecified atom stereocenters. The zero-order valence-electron chi connectivity index (χ0n) is 16.4. The van der Waals surface area contributed by atoms with E-state index in [1.165, 1.54) is 7.11 Å². The van der Waals surface area contributed by atoms with Crippen LogP contribution in [0.3, 0.4) is 0 Å². The molecule has 9 heteroatoms. The number of phenols is 1. The number of alkyl halides is 1. The van der Waals surface area contributed by atoms with E-state index in [4.69, 9.17) is 29.5 Å². The van der Waals surface area contributed by atoms with E-state index in [1.54, 1.807) is 25.3 Å². The molecule has 164 valence electrons. The topological polar surface area (TPSA) is 88.4 Å². The molecule has 0 saturated carbocycles. The molecule has 29 heavy (non-hydrogen) atoms. The number of halogens is 3. The van der Waals surface area contributed by atoms with E-state index in [1.807, 2.05) is 18.2 Å². The zero-order chi connectivity index (χ0) is 22.1. The lowest BCUT2D eigenvalue weighted by atomic mass is 10.3. The van der Waals surface area contributed by atoms with E-state index in [2.05, 4.69) is 47.8 Å². The van der Waals surface area contributed by atoms with Gasteiger partial charge in [-0.1, -0.05) is 47.8 Å². The third-order valence-corrected chi connectivity index (χ3v) is 4.67. The summed E-state index contributed by atoms with van der Waals surface area (Å²) in [6.07, 6.45) is 1.48. The van der Waals surface area contributed by atoms with Gasteiger partial charge < -0.3 is 29.5 Å². The molecule has 0 atom stereocenters. The average molecular weight is 603 g/mol. The van der Waals surface area contributed by atoms with E-state index in [0.29, 0.717) is 36.9 Å². The Balaban J connectivity index is 0.000000455. The van der Waals surface area contributed by atoms with Gasteiger partial charge in [0.1, 0.15) is 0 Å². The number of aromatic hydroxyl groups is 1. The summed E-state index contributed by atoms with van der Waals surface area (Å²) in [5.74, 6) is 2.03. The first-order valence-corrected chi connectivity index (χ1v) is 11.4. The molecule has 2 aromatic rings. The summed E-state index contributed by atoms with van der Waals surface area (Å²) in [6.45, 7) is 0.922. The number of aliphatic hydroxyl groups is 2. The van der Waals surface area contributed by atoms with Crippen LogP contribution in [-0.2, 0) is 0 Å². The molecule has 2 rings (SSSR count). The Morgan fingerprint density at radius 2 is 1.34 bits per heavy atom. The number of hydrogen-bond donors (Lipinski definition) is 3. The second kappa shape index (κ2) is 17.8. The molecule has 0 fully saturated rings. The second-order valence-electron chi connectivity index (χ2n) is 5.30. The Hall–Kier alpha value is -1.000. The summed E-state index contributed by atoms with van der Waals surface area (Å²) in [5, 5.41) is 26.7. The fourth-order valence-corrected chi connectivity index (χ4v) is 2.67. The van der Waals surface area contributed by atoms with Gasteiger partial charge in [-0.3, -0.25) is 0 Å². The maximum atomic E-state index is 9.14. The van der Waals surface area contributed by atoms with E-state index >= 15 is 0 Å². The van der Waals surface area contributed by atoms with Gasteiger partial charge in [0.15, 0.2) is 23.0 Å². The van der Waals surface area contributed by atoms with Crippen LogP contribution in [0.4, 0.5) is 0 Å². The third-order valence-electron chi connectivity index (χ3n) is 3.12. The number of ether oxygens (including phenoxy) is 3. The first-order chi connectivity index (χ1) is 13.9. The zero-order valence-corrected chi connectivity index (χ0v) is 21.2. The van der Waals surface area contributed by atoms with Crippen molar-refractivity contribution in [1.82, 2.24) is 0 Å². The number of phenolic OH excluding ortho intramolecular Hbond substituents is 1. The highest BCUT2D eigenvalue weighted by molar-refractivity contribution is 9.10. The summed E-state index contributed by atoms with van der Waals surface area (Å²) in [4.78, 5) is 0. The monoisotopic (exact) mass is 600 g/mol. The van der Waals surface area contributed by atoms with Crippen molar-refractivity contribution >= 4 is 47.8 Å². The van der Waals surface area contributed by atoms with Crippen LogP contribution >= 0.6 is 47.8 Å². The molecule has 0 spiro atoms. The first-order valence-electron chi connectivity index (χ1n) is 8.69. The van der Waals surface area contributed by atoms with Crippen molar-refractivity contribution in [2.45, 2.75) is 12.8 Å². The summed E-state index contributed by atoms with van der Waals surface area (Å²) < 4.78 is 17.2. The van der Waals surface area contributed by atoms with Gasteiger partial charge in [-0.25, -0.2) is 0 Å². The third kappa shape index (κ3) is 13.0. The quantitative estimate of drug-likeness (QED) is 0.286. The van der Waals surface area contributed by atoms with Gasteiger partial charge in [0, 0.05) is 33.9 Å². The number of hydrogen-bond acceptors (Lipinski definition) is 6. The molecule has 0 aromatic heterocycles. The molecule has 0 aliphatic rings. The summed E-state index contributed by atoms with van der Waals surface area (Å²) >= 11 is 9.71. The van der Waals surface area contributed by atoms with E-state index < -0.39 is 0 Å². The number of benzene rings is 2. The summed E-state index contributed by atoms with van der Waals surface area (Å²) in [5.41, 5.74) is 0. The largest absolute Gasteiger partial charge is 0.504 e. The lowest BCUT2D eigenvalue weighted by Crippen LogP contribution is -2.01. The maximum Gasteiger partial charge on any atom is 0.162 e. The molecule has 0 amide bonds. The predicted octanol–water partition coefficient (Wildman–Crippen LogP) is 5.15. The Labute approximate surface area is 197 Å². The Morgan fingerprint density at radius 1 is 0.793 bits per heavy atom. The van der Waals surface area contributed by atoms with Crippen LogP contribution in [0.1, 0.15) is 12.8 Å². The fourth-order valence-electron chi connectivity index (χ4n) is 1.73. The SMILES string of the molecule is COc1ccc(Br)cc1O.COc1ccc(Br)cc1OCCCO.OCCCBr. The van der Waals surface area contributed by atoms with Gasteiger partial charge >= 0.3 is 0 Å². The van der Waals surface area contributed by atoms with E-state index in [0.717, 1.165) is 20.7 Å². The van der Waals surface area contributed by atoms with Crippen LogP contribution < -0.4 is 14.2 Å². The minimum Gasteiger partial charge on any atom is -0.504 e. The van der Waals surface area contributed by atoms with Crippen molar-refractivity contribution < 1.29 is 29.5 Å². The number of rotatable bonds is 8. The number of aliphatic hydroxyl groups excluding tert-OH is 2. The Morgan fingerprint density at radius 3 is 1.79 bits per heavy atom. The normalized spacial score (nSPS) is 9.48. The number of methoxy groups -OCH3 is 2. The van der Waals surface area contributed by atoms with E-state index in [-0.39, 0.29) is 12.4 Å². The van der Waals surface area contributed by atoms with Gasteiger partial charge in [0.25, 0.3) is 0 Å². The lowest BCUT2D eigenvalue weighted by molar-refractivity contribution is 0.228. The van der Waals surface area contributed by atoms with Gasteiger partial charge in [-0.15, -0.1) is 0 Å². The predicted molar refractivity (Wildman–Crippen MR) is 126 cm³/mol. The molecule has 2 aromatic carbocycles. The van der Waals surface area contributed by atoms with Gasteiger partial charge in [-0.05, 0) is 42.8 Å². The maximum absolute atomic E-state index is 9.14. The highest BCUT2D eigenvalue weighted by Gasteiger charge is 2.04. The average Bonchev–Trinajstić information content (AvgIpc) is 2.70.